The zero-order chi connectivity index (χ0) is 10.6. The molecule has 3 heteroatoms. The summed E-state index contributed by atoms with van der Waals surface area (Å²) in [6.07, 6.45) is -0.979. The highest BCUT2D eigenvalue weighted by Gasteiger charge is 2.16. The molecule has 0 aliphatic rings. The molecule has 0 heterocycles. The van der Waals surface area contributed by atoms with Crippen molar-refractivity contribution in [2.45, 2.75) is 19.9 Å². The summed E-state index contributed by atoms with van der Waals surface area (Å²) in [6, 6.07) is 9.47. The molecule has 0 spiro atoms. The maximum absolute atomic E-state index is 10.6. The van der Waals surface area contributed by atoms with Crippen LogP contribution in [0.4, 0.5) is 4.79 Å². The SMILES string of the molecule is CC(C)C(NC(=O)O)c1ccccc1. The fourth-order valence-corrected chi connectivity index (χ4v) is 1.43. The van der Waals surface area contributed by atoms with Crippen molar-refractivity contribution >= 4 is 6.09 Å². The molecule has 1 aromatic carbocycles. The van der Waals surface area contributed by atoms with Gasteiger partial charge in [-0.15, -0.1) is 0 Å². The lowest BCUT2D eigenvalue weighted by atomic mass is 9.96. The zero-order valence-corrected chi connectivity index (χ0v) is 8.40. The Bertz CT molecular complexity index is 295. The molecule has 1 atom stereocenters. The predicted octanol–water partition coefficient (Wildman–Crippen LogP) is 2.65. The molecule has 1 aromatic rings. The monoisotopic (exact) mass is 193 g/mol. The standard InChI is InChI=1S/C11H15NO2/c1-8(2)10(12-11(13)14)9-6-4-3-5-7-9/h3-8,10,12H,1-2H3,(H,13,14). The number of rotatable bonds is 3. The van der Waals surface area contributed by atoms with Crippen LogP contribution in [0.1, 0.15) is 25.5 Å². The quantitative estimate of drug-likeness (QED) is 0.775. The summed E-state index contributed by atoms with van der Waals surface area (Å²) in [7, 11) is 0. The van der Waals surface area contributed by atoms with E-state index in [1.807, 2.05) is 44.2 Å². The van der Waals surface area contributed by atoms with Crippen LogP contribution in [0.5, 0.6) is 0 Å². The summed E-state index contributed by atoms with van der Waals surface area (Å²) in [5.74, 6) is 0.244. The van der Waals surface area contributed by atoms with E-state index in [0.29, 0.717) is 0 Å². The molecular formula is C11H15NO2. The van der Waals surface area contributed by atoms with E-state index < -0.39 is 6.09 Å². The summed E-state index contributed by atoms with van der Waals surface area (Å²) >= 11 is 0. The summed E-state index contributed by atoms with van der Waals surface area (Å²) < 4.78 is 0. The Morgan fingerprint density at radius 2 is 1.86 bits per heavy atom. The van der Waals surface area contributed by atoms with Crippen LogP contribution in [-0.4, -0.2) is 11.2 Å². The maximum Gasteiger partial charge on any atom is 0.405 e. The molecule has 2 N–H and O–H groups in total. The number of nitrogens with one attached hydrogen (secondary N) is 1. The van der Waals surface area contributed by atoms with Crippen LogP contribution in [0.3, 0.4) is 0 Å². The molecule has 0 aromatic heterocycles. The first-order valence-corrected chi connectivity index (χ1v) is 4.65. The highest BCUT2D eigenvalue weighted by atomic mass is 16.4. The van der Waals surface area contributed by atoms with Gasteiger partial charge in [0.25, 0.3) is 0 Å². The van der Waals surface area contributed by atoms with Crippen molar-refractivity contribution in [3.63, 3.8) is 0 Å². The van der Waals surface area contributed by atoms with E-state index in [2.05, 4.69) is 5.32 Å². The van der Waals surface area contributed by atoms with Gasteiger partial charge in [0.2, 0.25) is 0 Å². The van der Waals surface area contributed by atoms with E-state index in [0.717, 1.165) is 5.56 Å². The van der Waals surface area contributed by atoms with Gasteiger partial charge in [-0.2, -0.15) is 0 Å². The van der Waals surface area contributed by atoms with Crippen molar-refractivity contribution in [3.05, 3.63) is 35.9 Å². The normalized spacial score (nSPS) is 12.5. The third-order valence-corrected chi connectivity index (χ3v) is 2.10. The molecule has 0 bridgehead atoms. The van der Waals surface area contributed by atoms with Crippen LogP contribution in [0.15, 0.2) is 30.3 Å². The average molecular weight is 193 g/mol. The summed E-state index contributed by atoms with van der Waals surface area (Å²) in [5, 5.41) is 11.2. The molecule has 0 saturated heterocycles. The van der Waals surface area contributed by atoms with Crippen molar-refractivity contribution in [1.29, 1.82) is 0 Å². The fraction of sp³-hybridized carbons (Fsp3) is 0.364. The van der Waals surface area contributed by atoms with E-state index in [1.54, 1.807) is 0 Å². The number of carboxylic acid groups (broad SMARTS) is 1. The lowest BCUT2D eigenvalue weighted by Gasteiger charge is -2.20. The molecule has 0 aliphatic carbocycles. The second kappa shape index (κ2) is 4.65. The third-order valence-electron chi connectivity index (χ3n) is 2.10. The first kappa shape index (κ1) is 10.6. The van der Waals surface area contributed by atoms with Crippen LogP contribution in [0, 0.1) is 5.92 Å². The van der Waals surface area contributed by atoms with Crippen molar-refractivity contribution in [1.82, 2.24) is 5.32 Å². The summed E-state index contributed by atoms with van der Waals surface area (Å²) in [5.41, 5.74) is 1.00. The topological polar surface area (TPSA) is 49.3 Å². The third kappa shape index (κ3) is 2.76. The Morgan fingerprint density at radius 3 is 2.29 bits per heavy atom. The van der Waals surface area contributed by atoms with Crippen molar-refractivity contribution in [2.24, 2.45) is 5.92 Å². The minimum absolute atomic E-state index is 0.131. The van der Waals surface area contributed by atoms with Gasteiger partial charge >= 0.3 is 6.09 Å². The van der Waals surface area contributed by atoms with Crippen LogP contribution in [0.25, 0.3) is 0 Å². The lowest BCUT2D eigenvalue weighted by molar-refractivity contribution is 0.186. The van der Waals surface area contributed by atoms with Crippen LogP contribution >= 0.6 is 0 Å². The van der Waals surface area contributed by atoms with Gasteiger partial charge < -0.3 is 10.4 Å². The smallest absolute Gasteiger partial charge is 0.405 e. The fourth-order valence-electron chi connectivity index (χ4n) is 1.43. The van der Waals surface area contributed by atoms with Gasteiger partial charge in [0.1, 0.15) is 0 Å². The van der Waals surface area contributed by atoms with Crippen molar-refractivity contribution < 1.29 is 9.90 Å². The number of benzene rings is 1. The van der Waals surface area contributed by atoms with Crippen molar-refractivity contribution in [3.8, 4) is 0 Å². The zero-order valence-electron chi connectivity index (χ0n) is 8.40. The Hall–Kier alpha value is -1.51. The number of amides is 1. The molecule has 1 rings (SSSR count). The van der Waals surface area contributed by atoms with Gasteiger partial charge in [-0.25, -0.2) is 4.79 Å². The Balaban J connectivity index is 2.83. The first-order chi connectivity index (χ1) is 6.61. The van der Waals surface area contributed by atoms with Gasteiger partial charge in [0.05, 0.1) is 6.04 Å². The Kier molecular flexibility index (Phi) is 3.51. The minimum Gasteiger partial charge on any atom is -0.465 e. The van der Waals surface area contributed by atoms with Gasteiger partial charge in [0, 0.05) is 0 Å². The molecule has 0 fully saturated rings. The van der Waals surface area contributed by atoms with E-state index in [9.17, 15) is 4.79 Å². The molecule has 0 radical (unpaired) electrons. The van der Waals surface area contributed by atoms with E-state index in [-0.39, 0.29) is 12.0 Å². The number of carbonyl (C=O) groups is 1. The number of hydrogen-bond donors (Lipinski definition) is 2. The molecular weight excluding hydrogens is 178 g/mol. The second-order valence-corrected chi connectivity index (χ2v) is 3.58. The molecule has 3 nitrogen and oxygen atoms in total. The first-order valence-electron chi connectivity index (χ1n) is 4.65. The highest BCUT2D eigenvalue weighted by Crippen LogP contribution is 2.20. The summed E-state index contributed by atoms with van der Waals surface area (Å²) in [4.78, 5) is 10.6. The molecule has 0 aliphatic heterocycles. The Morgan fingerprint density at radius 1 is 1.29 bits per heavy atom. The molecule has 1 unspecified atom stereocenters. The van der Waals surface area contributed by atoms with Gasteiger partial charge in [0.15, 0.2) is 0 Å². The van der Waals surface area contributed by atoms with Crippen molar-refractivity contribution in [2.75, 3.05) is 0 Å². The molecule has 76 valence electrons. The predicted molar refractivity (Wildman–Crippen MR) is 55.2 cm³/mol. The van der Waals surface area contributed by atoms with Gasteiger partial charge in [-0.05, 0) is 11.5 Å². The Labute approximate surface area is 83.8 Å². The largest absolute Gasteiger partial charge is 0.465 e. The highest BCUT2D eigenvalue weighted by molar-refractivity contribution is 5.65. The lowest BCUT2D eigenvalue weighted by Crippen LogP contribution is -2.30. The molecule has 1 amide bonds. The maximum atomic E-state index is 10.6. The van der Waals surface area contributed by atoms with E-state index in [1.165, 1.54) is 0 Å². The van der Waals surface area contributed by atoms with Gasteiger partial charge in [-0.1, -0.05) is 44.2 Å². The minimum atomic E-state index is -0.979. The average Bonchev–Trinajstić information content (AvgIpc) is 2.15. The second-order valence-electron chi connectivity index (χ2n) is 3.58. The van der Waals surface area contributed by atoms with Gasteiger partial charge in [-0.3, -0.25) is 0 Å². The van der Waals surface area contributed by atoms with Crippen LogP contribution < -0.4 is 5.32 Å². The number of hydrogen-bond acceptors (Lipinski definition) is 1. The summed E-state index contributed by atoms with van der Waals surface area (Å²) in [6.45, 7) is 3.99. The molecule has 0 saturated carbocycles. The van der Waals surface area contributed by atoms with Crippen LogP contribution in [0.2, 0.25) is 0 Å². The van der Waals surface area contributed by atoms with E-state index >= 15 is 0 Å². The molecule has 14 heavy (non-hydrogen) atoms. The van der Waals surface area contributed by atoms with E-state index in [4.69, 9.17) is 5.11 Å². The van der Waals surface area contributed by atoms with Crippen LogP contribution in [-0.2, 0) is 0 Å².